The van der Waals surface area contributed by atoms with Crippen molar-refractivity contribution in [2.45, 2.75) is 18.1 Å². The predicted molar refractivity (Wildman–Crippen MR) is 72.2 cm³/mol. The van der Waals surface area contributed by atoms with Crippen LogP contribution < -0.4 is 4.72 Å². The molecule has 2 rings (SSSR count). The van der Waals surface area contributed by atoms with E-state index in [4.69, 9.17) is 4.74 Å². The van der Waals surface area contributed by atoms with E-state index >= 15 is 0 Å². The van der Waals surface area contributed by atoms with E-state index < -0.39 is 21.2 Å². The third-order valence-corrected chi connectivity index (χ3v) is 5.99. The van der Waals surface area contributed by atoms with Crippen LogP contribution in [-0.4, -0.2) is 32.8 Å². The highest BCUT2D eigenvalue weighted by Gasteiger charge is 2.30. The first-order chi connectivity index (χ1) is 8.49. The van der Waals surface area contributed by atoms with Crippen molar-refractivity contribution in [3.63, 3.8) is 0 Å². The lowest BCUT2D eigenvalue weighted by atomic mass is 10.2. The molecule has 1 saturated heterocycles. The topological polar surface area (TPSA) is 72.5 Å². The Morgan fingerprint density at radius 1 is 1.56 bits per heavy atom. The molecule has 1 N–H and O–H groups in total. The van der Waals surface area contributed by atoms with E-state index in [-0.39, 0.29) is 6.61 Å². The second-order valence-electron chi connectivity index (χ2n) is 3.94. The van der Waals surface area contributed by atoms with E-state index in [1.54, 1.807) is 11.4 Å². The van der Waals surface area contributed by atoms with Crippen molar-refractivity contribution in [2.24, 2.45) is 0 Å². The highest BCUT2D eigenvalue weighted by Crippen LogP contribution is 2.20. The van der Waals surface area contributed by atoms with Crippen LogP contribution in [-0.2, 0) is 14.8 Å². The maximum Gasteiger partial charge on any atom is 0.274 e. The van der Waals surface area contributed by atoms with Gasteiger partial charge in [0.15, 0.2) is 0 Å². The van der Waals surface area contributed by atoms with Crippen molar-refractivity contribution in [1.29, 1.82) is 0 Å². The second-order valence-corrected chi connectivity index (χ2v) is 7.73. The summed E-state index contributed by atoms with van der Waals surface area (Å²) in [4.78, 5) is 12.1. The zero-order chi connectivity index (χ0) is 13.2. The van der Waals surface area contributed by atoms with Gasteiger partial charge in [-0.15, -0.1) is 11.3 Å². The number of sulfonamides is 1. The van der Waals surface area contributed by atoms with Crippen LogP contribution in [0.4, 0.5) is 0 Å². The molecule has 18 heavy (non-hydrogen) atoms. The molecule has 1 atom stereocenters. The molecule has 1 aliphatic heterocycles. The van der Waals surface area contributed by atoms with Gasteiger partial charge < -0.3 is 4.74 Å². The molecule has 0 radical (unpaired) electrons. The van der Waals surface area contributed by atoms with Gasteiger partial charge in [-0.2, -0.15) is 0 Å². The van der Waals surface area contributed by atoms with Crippen molar-refractivity contribution in [2.75, 3.05) is 13.2 Å². The Morgan fingerprint density at radius 2 is 2.33 bits per heavy atom. The van der Waals surface area contributed by atoms with Crippen LogP contribution in [0.1, 0.15) is 22.5 Å². The first-order valence-electron chi connectivity index (χ1n) is 5.37. The molecule has 0 aromatic carbocycles. The summed E-state index contributed by atoms with van der Waals surface area (Å²) in [5, 5.41) is 1.09. The van der Waals surface area contributed by atoms with Gasteiger partial charge in [0, 0.05) is 16.5 Å². The van der Waals surface area contributed by atoms with Gasteiger partial charge in [0.1, 0.15) is 5.25 Å². The predicted octanol–water partition coefficient (Wildman–Crippen LogP) is 1.75. The van der Waals surface area contributed by atoms with Crippen molar-refractivity contribution in [3.8, 4) is 0 Å². The summed E-state index contributed by atoms with van der Waals surface area (Å²) >= 11 is 4.41. The summed E-state index contributed by atoms with van der Waals surface area (Å²) in [6.07, 6.45) is 1.22. The molecule has 1 aromatic rings. The quantitative estimate of drug-likeness (QED) is 0.898. The van der Waals surface area contributed by atoms with Crippen LogP contribution in [0, 0.1) is 0 Å². The number of hydrogen-bond donors (Lipinski definition) is 1. The molecule has 1 amide bonds. The monoisotopic (exact) mass is 353 g/mol. The number of halogens is 1. The molecule has 1 aromatic heterocycles. The number of ether oxygens (including phenoxy) is 1. The summed E-state index contributed by atoms with van der Waals surface area (Å²) in [6, 6.07) is 1.59. The Morgan fingerprint density at radius 3 is 2.89 bits per heavy atom. The molecule has 0 saturated carbocycles. The first kappa shape index (κ1) is 14.0. The third-order valence-electron chi connectivity index (χ3n) is 2.58. The minimum atomic E-state index is -3.65. The fraction of sp³-hybridized carbons (Fsp3) is 0.500. The molecule has 0 aliphatic carbocycles. The van der Waals surface area contributed by atoms with Crippen LogP contribution >= 0.6 is 27.3 Å². The Labute approximate surface area is 118 Å². The van der Waals surface area contributed by atoms with Gasteiger partial charge in [-0.05, 0) is 34.8 Å². The van der Waals surface area contributed by atoms with Crippen LogP contribution in [0.2, 0.25) is 0 Å². The van der Waals surface area contributed by atoms with Crippen LogP contribution in [0.15, 0.2) is 15.9 Å². The van der Waals surface area contributed by atoms with E-state index in [0.717, 1.165) is 4.47 Å². The van der Waals surface area contributed by atoms with Crippen molar-refractivity contribution in [1.82, 2.24) is 4.72 Å². The van der Waals surface area contributed by atoms with Gasteiger partial charge >= 0.3 is 0 Å². The van der Waals surface area contributed by atoms with Crippen LogP contribution in [0.25, 0.3) is 0 Å². The Hall–Kier alpha value is -0.440. The first-order valence-corrected chi connectivity index (χ1v) is 8.58. The summed E-state index contributed by atoms with van der Waals surface area (Å²) in [5.74, 6) is -0.587. The third kappa shape index (κ3) is 3.31. The van der Waals surface area contributed by atoms with Gasteiger partial charge in [-0.25, -0.2) is 13.1 Å². The fourth-order valence-corrected chi connectivity index (χ4v) is 4.32. The van der Waals surface area contributed by atoms with Crippen molar-refractivity contribution in [3.05, 3.63) is 20.8 Å². The van der Waals surface area contributed by atoms with Gasteiger partial charge in [-0.1, -0.05) is 0 Å². The molecule has 1 aliphatic rings. The normalized spacial score (nSPS) is 20.6. The number of carbonyl (C=O) groups excluding carboxylic acids is 1. The minimum absolute atomic E-state index is 0.150. The van der Waals surface area contributed by atoms with Crippen molar-refractivity contribution >= 4 is 43.2 Å². The van der Waals surface area contributed by atoms with Crippen molar-refractivity contribution < 1.29 is 17.9 Å². The molecular formula is C10H12BrNO4S2. The zero-order valence-corrected chi connectivity index (χ0v) is 12.6. The Bertz CT molecular complexity index is 534. The molecule has 2 heterocycles. The van der Waals surface area contributed by atoms with Crippen LogP contribution in [0.3, 0.4) is 0 Å². The molecule has 1 unspecified atom stereocenters. The lowest BCUT2D eigenvalue weighted by Gasteiger charge is -2.21. The lowest BCUT2D eigenvalue weighted by Crippen LogP contribution is -2.42. The standard InChI is InChI=1S/C10H12BrNO4S2/c11-7-4-9(17-6-7)10(13)12-18(14,15)8-2-1-3-16-5-8/h4,6,8H,1-3,5H2,(H,12,13). The smallest absolute Gasteiger partial charge is 0.274 e. The van der Waals surface area contributed by atoms with E-state index in [0.29, 0.717) is 24.3 Å². The number of hydrogen-bond acceptors (Lipinski definition) is 5. The summed E-state index contributed by atoms with van der Waals surface area (Å²) in [6.45, 7) is 0.731. The second kappa shape index (κ2) is 5.68. The molecule has 8 heteroatoms. The van der Waals surface area contributed by atoms with Gasteiger partial charge in [0.05, 0.1) is 11.5 Å². The lowest BCUT2D eigenvalue weighted by molar-refractivity contribution is 0.0955. The molecule has 1 fully saturated rings. The maximum atomic E-state index is 12.0. The fourth-order valence-electron chi connectivity index (χ4n) is 1.65. The van der Waals surface area contributed by atoms with Gasteiger partial charge in [0.2, 0.25) is 10.0 Å². The molecular weight excluding hydrogens is 342 g/mol. The molecule has 0 bridgehead atoms. The van der Waals surface area contributed by atoms with Gasteiger partial charge in [0.25, 0.3) is 5.91 Å². The minimum Gasteiger partial charge on any atom is -0.380 e. The largest absolute Gasteiger partial charge is 0.380 e. The van der Waals surface area contributed by atoms with E-state index in [1.807, 2.05) is 0 Å². The Kier molecular flexibility index (Phi) is 4.41. The molecule has 0 spiro atoms. The highest BCUT2D eigenvalue weighted by molar-refractivity contribution is 9.10. The van der Waals surface area contributed by atoms with Gasteiger partial charge in [-0.3, -0.25) is 4.79 Å². The number of thiophene rings is 1. The number of amides is 1. The average molecular weight is 354 g/mol. The van der Waals surface area contributed by atoms with E-state index in [2.05, 4.69) is 20.7 Å². The molecule has 5 nitrogen and oxygen atoms in total. The van der Waals surface area contributed by atoms with E-state index in [9.17, 15) is 13.2 Å². The van der Waals surface area contributed by atoms with Crippen LogP contribution in [0.5, 0.6) is 0 Å². The summed E-state index contributed by atoms with van der Waals surface area (Å²) in [7, 11) is -3.65. The SMILES string of the molecule is O=C(NS(=O)(=O)C1CCCOC1)c1cc(Br)cs1. The molecule has 100 valence electrons. The van der Waals surface area contributed by atoms with E-state index in [1.165, 1.54) is 11.3 Å². The summed E-state index contributed by atoms with van der Waals surface area (Å²) < 4.78 is 31.9. The number of rotatable bonds is 3. The summed E-state index contributed by atoms with van der Waals surface area (Å²) in [5.41, 5.74) is 0. The highest BCUT2D eigenvalue weighted by atomic mass is 79.9. The number of carbonyl (C=O) groups is 1. The zero-order valence-electron chi connectivity index (χ0n) is 9.39. The Balaban J connectivity index is 2.05. The maximum absolute atomic E-state index is 12.0. The average Bonchev–Trinajstić information content (AvgIpc) is 2.77. The number of nitrogens with one attached hydrogen (secondary N) is 1.